The minimum Gasteiger partial charge on any atom is -0.474 e. The van der Waals surface area contributed by atoms with Crippen molar-refractivity contribution in [2.75, 3.05) is 26.3 Å². The molecule has 25 heavy (non-hydrogen) atoms. The number of pyridine rings is 1. The van der Waals surface area contributed by atoms with Crippen LogP contribution in [0.15, 0.2) is 23.3 Å². The molecular weight excluding hydrogens is 316 g/mol. The maximum atomic E-state index is 5.97. The van der Waals surface area contributed by atoms with Gasteiger partial charge >= 0.3 is 0 Å². The number of rotatable bonds is 10. The zero-order chi connectivity index (χ0) is 17.7. The van der Waals surface area contributed by atoms with Crippen LogP contribution in [-0.2, 0) is 11.3 Å². The van der Waals surface area contributed by atoms with Gasteiger partial charge in [-0.1, -0.05) is 0 Å². The summed E-state index contributed by atoms with van der Waals surface area (Å²) in [6.45, 7) is 7.90. The van der Waals surface area contributed by atoms with Crippen LogP contribution >= 0.6 is 0 Å². The van der Waals surface area contributed by atoms with Crippen molar-refractivity contribution in [3.05, 3.63) is 23.9 Å². The van der Waals surface area contributed by atoms with E-state index in [1.807, 2.05) is 19.1 Å². The van der Waals surface area contributed by atoms with Crippen LogP contribution in [-0.4, -0.2) is 43.4 Å². The SMILES string of the molecule is CCNC(=NCc1ccnc(OC2CCCC2)c1)NCCCOCC. The van der Waals surface area contributed by atoms with Gasteiger partial charge < -0.3 is 20.1 Å². The van der Waals surface area contributed by atoms with E-state index in [9.17, 15) is 0 Å². The molecule has 0 aliphatic heterocycles. The number of nitrogens with one attached hydrogen (secondary N) is 2. The molecular formula is C19H32N4O2. The summed E-state index contributed by atoms with van der Waals surface area (Å²) in [5.74, 6) is 1.54. The summed E-state index contributed by atoms with van der Waals surface area (Å²) >= 11 is 0. The van der Waals surface area contributed by atoms with Crippen LogP contribution in [0.5, 0.6) is 5.88 Å². The van der Waals surface area contributed by atoms with Gasteiger partial charge in [-0.15, -0.1) is 0 Å². The minimum atomic E-state index is 0.329. The van der Waals surface area contributed by atoms with Gasteiger partial charge in [-0.05, 0) is 57.6 Å². The number of aliphatic imine (C=N–C) groups is 1. The van der Waals surface area contributed by atoms with E-state index in [1.54, 1.807) is 6.20 Å². The maximum absolute atomic E-state index is 5.97. The zero-order valence-electron chi connectivity index (χ0n) is 15.6. The highest BCUT2D eigenvalue weighted by Gasteiger charge is 2.16. The fraction of sp³-hybridized carbons (Fsp3) is 0.684. The Balaban J connectivity index is 1.83. The number of guanidine groups is 1. The van der Waals surface area contributed by atoms with E-state index in [0.717, 1.165) is 57.1 Å². The highest BCUT2D eigenvalue weighted by Crippen LogP contribution is 2.23. The molecule has 140 valence electrons. The monoisotopic (exact) mass is 348 g/mol. The average molecular weight is 348 g/mol. The fourth-order valence-corrected chi connectivity index (χ4v) is 2.83. The molecule has 0 aromatic carbocycles. The highest BCUT2D eigenvalue weighted by molar-refractivity contribution is 5.79. The predicted octanol–water partition coefficient (Wildman–Crippen LogP) is 2.88. The van der Waals surface area contributed by atoms with E-state index >= 15 is 0 Å². The van der Waals surface area contributed by atoms with Gasteiger partial charge in [0, 0.05) is 38.6 Å². The molecule has 0 atom stereocenters. The van der Waals surface area contributed by atoms with Crippen molar-refractivity contribution in [3.8, 4) is 5.88 Å². The quantitative estimate of drug-likeness (QED) is 0.387. The normalized spacial score (nSPS) is 15.4. The standard InChI is InChI=1S/C19H32N4O2/c1-3-20-19(22-11-7-13-24-4-2)23-15-16-10-12-21-18(14-16)25-17-8-5-6-9-17/h10,12,14,17H,3-9,11,13,15H2,1-2H3,(H2,20,22,23). The largest absolute Gasteiger partial charge is 0.474 e. The molecule has 6 nitrogen and oxygen atoms in total. The van der Waals surface area contributed by atoms with Gasteiger partial charge in [0.15, 0.2) is 5.96 Å². The number of nitrogens with zero attached hydrogens (tertiary/aromatic N) is 2. The summed E-state index contributed by atoms with van der Waals surface area (Å²) < 4.78 is 11.3. The first-order chi connectivity index (χ1) is 12.3. The third-order valence-corrected chi connectivity index (χ3v) is 4.11. The van der Waals surface area contributed by atoms with E-state index < -0.39 is 0 Å². The Labute approximate surface area is 151 Å². The van der Waals surface area contributed by atoms with Crippen molar-refractivity contribution in [3.63, 3.8) is 0 Å². The van der Waals surface area contributed by atoms with Crippen molar-refractivity contribution in [1.82, 2.24) is 15.6 Å². The molecule has 0 radical (unpaired) electrons. The van der Waals surface area contributed by atoms with E-state index in [1.165, 1.54) is 12.8 Å². The van der Waals surface area contributed by atoms with Crippen LogP contribution in [0.2, 0.25) is 0 Å². The second kappa shape index (κ2) is 11.7. The van der Waals surface area contributed by atoms with Gasteiger partial charge in [-0.25, -0.2) is 9.98 Å². The Morgan fingerprint density at radius 3 is 2.88 bits per heavy atom. The van der Waals surface area contributed by atoms with Crippen LogP contribution in [0.4, 0.5) is 0 Å². The molecule has 0 bridgehead atoms. The van der Waals surface area contributed by atoms with E-state index in [2.05, 4.69) is 27.5 Å². The Kier molecular flexibility index (Phi) is 9.12. The van der Waals surface area contributed by atoms with Crippen molar-refractivity contribution < 1.29 is 9.47 Å². The predicted molar refractivity (Wildman–Crippen MR) is 101 cm³/mol. The lowest BCUT2D eigenvalue weighted by molar-refractivity contribution is 0.145. The number of aromatic nitrogens is 1. The minimum absolute atomic E-state index is 0.329. The van der Waals surface area contributed by atoms with Crippen molar-refractivity contribution in [1.29, 1.82) is 0 Å². The van der Waals surface area contributed by atoms with Gasteiger partial charge in [0.1, 0.15) is 6.10 Å². The lowest BCUT2D eigenvalue weighted by atomic mass is 10.2. The second-order valence-corrected chi connectivity index (χ2v) is 6.20. The zero-order valence-corrected chi connectivity index (χ0v) is 15.6. The lowest BCUT2D eigenvalue weighted by Crippen LogP contribution is -2.38. The van der Waals surface area contributed by atoms with Crippen molar-refractivity contribution in [2.45, 2.75) is 58.6 Å². The van der Waals surface area contributed by atoms with E-state index in [4.69, 9.17) is 9.47 Å². The van der Waals surface area contributed by atoms with Gasteiger partial charge in [0.2, 0.25) is 5.88 Å². The van der Waals surface area contributed by atoms with Gasteiger partial charge in [-0.3, -0.25) is 0 Å². The summed E-state index contributed by atoms with van der Waals surface area (Å²) in [7, 11) is 0. The third kappa shape index (κ3) is 7.73. The first kappa shape index (κ1) is 19.5. The molecule has 0 unspecified atom stereocenters. The smallest absolute Gasteiger partial charge is 0.213 e. The van der Waals surface area contributed by atoms with Gasteiger partial charge in [0.25, 0.3) is 0 Å². The van der Waals surface area contributed by atoms with Crippen LogP contribution in [0.25, 0.3) is 0 Å². The maximum Gasteiger partial charge on any atom is 0.213 e. The molecule has 1 aromatic heterocycles. The molecule has 1 fully saturated rings. The Morgan fingerprint density at radius 2 is 2.12 bits per heavy atom. The Hall–Kier alpha value is -1.82. The molecule has 0 amide bonds. The molecule has 1 heterocycles. The summed E-state index contributed by atoms with van der Waals surface area (Å²) in [5, 5.41) is 6.60. The molecule has 6 heteroatoms. The molecule has 1 saturated carbocycles. The number of ether oxygens (including phenoxy) is 2. The first-order valence-corrected chi connectivity index (χ1v) is 9.53. The Morgan fingerprint density at radius 1 is 1.28 bits per heavy atom. The molecule has 0 saturated heterocycles. The highest BCUT2D eigenvalue weighted by atomic mass is 16.5. The molecule has 1 aliphatic rings. The Bertz CT molecular complexity index is 516. The summed E-state index contributed by atoms with van der Waals surface area (Å²) in [5.41, 5.74) is 1.11. The summed E-state index contributed by atoms with van der Waals surface area (Å²) in [6.07, 6.45) is 7.90. The van der Waals surface area contributed by atoms with Gasteiger partial charge in [0.05, 0.1) is 6.54 Å². The third-order valence-electron chi connectivity index (χ3n) is 4.11. The topological polar surface area (TPSA) is 67.8 Å². The molecule has 2 rings (SSSR count). The number of hydrogen-bond acceptors (Lipinski definition) is 4. The van der Waals surface area contributed by atoms with E-state index in [-0.39, 0.29) is 0 Å². The van der Waals surface area contributed by atoms with E-state index in [0.29, 0.717) is 18.5 Å². The van der Waals surface area contributed by atoms with Crippen molar-refractivity contribution >= 4 is 5.96 Å². The molecule has 1 aromatic rings. The van der Waals surface area contributed by atoms with Crippen LogP contribution in [0.1, 0.15) is 51.5 Å². The van der Waals surface area contributed by atoms with Gasteiger partial charge in [-0.2, -0.15) is 0 Å². The number of hydrogen-bond donors (Lipinski definition) is 2. The first-order valence-electron chi connectivity index (χ1n) is 9.53. The molecule has 0 spiro atoms. The lowest BCUT2D eigenvalue weighted by Gasteiger charge is -2.13. The second-order valence-electron chi connectivity index (χ2n) is 6.20. The molecule has 2 N–H and O–H groups in total. The summed E-state index contributed by atoms with van der Waals surface area (Å²) in [6, 6.07) is 3.99. The summed E-state index contributed by atoms with van der Waals surface area (Å²) in [4.78, 5) is 8.97. The van der Waals surface area contributed by atoms with Crippen LogP contribution < -0.4 is 15.4 Å². The van der Waals surface area contributed by atoms with Crippen molar-refractivity contribution in [2.24, 2.45) is 4.99 Å². The molecule has 1 aliphatic carbocycles. The average Bonchev–Trinajstić information content (AvgIpc) is 3.13. The van der Waals surface area contributed by atoms with Crippen LogP contribution in [0.3, 0.4) is 0 Å². The fourth-order valence-electron chi connectivity index (χ4n) is 2.83. The van der Waals surface area contributed by atoms with Crippen LogP contribution in [0, 0.1) is 0 Å².